The number of carbonyl (C=O) groups is 1. The highest BCUT2D eigenvalue weighted by atomic mass is 79.9. The molecular formula is C14H11Br3N2O2. The molecule has 0 fully saturated rings. The van der Waals surface area contributed by atoms with Crippen molar-refractivity contribution in [1.29, 1.82) is 0 Å². The normalized spacial score (nSPS) is 10.3. The summed E-state index contributed by atoms with van der Waals surface area (Å²) in [4.78, 5) is 12.0. The first kappa shape index (κ1) is 16.5. The zero-order valence-electron chi connectivity index (χ0n) is 10.7. The molecule has 3 N–H and O–H groups in total. The summed E-state index contributed by atoms with van der Waals surface area (Å²) in [6, 6.07) is 10.4. The van der Waals surface area contributed by atoms with Crippen LogP contribution in [-0.2, 0) is 6.61 Å². The SMILES string of the molecule is O=C(Nc1cccc(Br)c1)Nc1cc(Br)cc(Br)c1CO. The Kier molecular flexibility index (Phi) is 5.80. The number of amides is 2. The van der Waals surface area contributed by atoms with Crippen molar-refractivity contribution in [1.82, 2.24) is 0 Å². The molecule has 0 unspecified atom stereocenters. The number of carbonyl (C=O) groups excluding carboxylic acids is 1. The molecule has 7 heteroatoms. The number of rotatable bonds is 3. The predicted octanol–water partition coefficient (Wildman–Crippen LogP) is 5.11. The Morgan fingerprint density at radius 3 is 2.48 bits per heavy atom. The van der Waals surface area contributed by atoms with Crippen LogP contribution in [0.25, 0.3) is 0 Å². The van der Waals surface area contributed by atoms with Gasteiger partial charge >= 0.3 is 6.03 Å². The van der Waals surface area contributed by atoms with Gasteiger partial charge in [-0.25, -0.2) is 4.79 Å². The molecule has 4 nitrogen and oxygen atoms in total. The maximum atomic E-state index is 12.0. The van der Waals surface area contributed by atoms with Crippen LogP contribution in [0, 0.1) is 0 Å². The average molecular weight is 479 g/mol. The van der Waals surface area contributed by atoms with E-state index >= 15 is 0 Å². The molecular weight excluding hydrogens is 468 g/mol. The molecule has 2 aromatic carbocycles. The third-order valence-corrected chi connectivity index (χ3v) is 4.31. The maximum absolute atomic E-state index is 12.0. The fourth-order valence-electron chi connectivity index (χ4n) is 1.73. The first-order valence-electron chi connectivity index (χ1n) is 5.92. The molecule has 0 saturated heterocycles. The summed E-state index contributed by atoms with van der Waals surface area (Å²) in [5, 5.41) is 14.9. The van der Waals surface area contributed by atoms with Crippen LogP contribution in [0.2, 0.25) is 0 Å². The third-order valence-electron chi connectivity index (χ3n) is 2.65. The Bertz CT molecular complexity index is 677. The van der Waals surface area contributed by atoms with Gasteiger partial charge in [0.2, 0.25) is 0 Å². The highest BCUT2D eigenvalue weighted by Crippen LogP contribution is 2.30. The van der Waals surface area contributed by atoms with Gasteiger partial charge in [-0.1, -0.05) is 53.9 Å². The van der Waals surface area contributed by atoms with Crippen LogP contribution in [0.1, 0.15) is 5.56 Å². The molecule has 21 heavy (non-hydrogen) atoms. The Labute approximate surface area is 147 Å². The summed E-state index contributed by atoms with van der Waals surface area (Å²) in [5.74, 6) is 0. The third kappa shape index (κ3) is 4.54. The molecule has 0 atom stereocenters. The first-order valence-corrected chi connectivity index (χ1v) is 8.30. The molecule has 0 aliphatic carbocycles. The minimum absolute atomic E-state index is 0.180. The molecule has 2 rings (SSSR count). The number of halogens is 3. The summed E-state index contributed by atoms with van der Waals surface area (Å²) in [6.07, 6.45) is 0. The van der Waals surface area contributed by atoms with E-state index in [1.807, 2.05) is 18.2 Å². The van der Waals surface area contributed by atoms with Crippen LogP contribution in [0.4, 0.5) is 16.2 Å². The van der Waals surface area contributed by atoms with Crippen LogP contribution in [0.5, 0.6) is 0 Å². The highest BCUT2D eigenvalue weighted by Gasteiger charge is 2.11. The largest absolute Gasteiger partial charge is 0.392 e. The van der Waals surface area contributed by atoms with E-state index in [9.17, 15) is 9.90 Å². The van der Waals surface area contributed by atoms with E-state index in [2.05, 4.69) is 58.4 Å². The summed E-state index contributed by atoms with van der Waals surface area (Å²) in [5.41, 5.74) is 1.82. The van der Waals surface area contributed by atoms with Gasteiger partial charge < -0.3 is 15.7 Å². The first-order chi connectivity index (χ1) is 9.99. The van der Waals surface area contributed by atoms with Gasteiger partial charge in [0.15, 0.2) is 0 Å². The number of aliphatic hydroxyl groups is 1. The van der Waals surface area contributed by atoms with Crippen molar-refractivity contribution >= 4 is 65.2 Å². The number of aliphatic hydroxyl groups excluding tert-OH is 1. The van der Waals surface area contributed by atoms with Crippen molar-refractivity contribution in [3.63, 3.8) is 0 Å². The van der Waals surface area contributed by atoms with E-state index < -0.39 is 0 Å². The van der Waals surface area contributed by atoms with Crippen LogP contribution < -0.4 is 10.6 Å². The lowest BCUT2D eigenvalue weighted by atomic mass is 10.2. The molecule has 0 radical (unpaired) electrons. The predicted molar refractivity (Wildman–Crippen MR) is 94.5 cm³/mol. The molecule has 0 aromatic heterocycles. The smallest absolute Gasteiger partial charge is 0.323 e. The van der Waals surface area contributed by atoms with Crippen LogP contribution >= 0.6 is 47.8 Å². The molecule has 0 aliphatic rings. The van der Waals surface area contributed by atoms with E-state index in [1.165, 1.54) is 0 Å². The van der Waals surface area contributed by atoms with E-state index in [-0.39, 0.29) is 12.6 Å². The second-order valence-electron chi connectivity index (χ2n) is 4.16. The van der Waals surface area contributed by atoms with Crippen LogP contribution in [0.3, 0.4) is 0 Å². The Balaban J connectivity index is 2.16. The zero-order chi connectivity index (χ0) is 15.4. The minimum atomic E-state index is -0.382. The van der Waals surface area contributed by atoms with Crippen LogP contribution in [0.15, 0.2) is 49.8 Å². The van der Waals surface area contributed by atoms with E-state index in [4.69, 9.17) is 0 Å². The fourth-order valence-corrected chi connectivity index (χ4v) is 3.48. The summed E-state index contributed by atoms with van der Waals surface area (Å²) in [7, 11) is 0. The van der Waals surface area contributed by atoms with Gasteiger partial charge in [0.05, 0.1) is 12.3 Å². The van der Waals surface area contributed by atoms with Crippen molar-refractivity contribution in [2.45, 2.75) is 6.61 Å². The topological polar surface area (TPSA) is 61.4 Å². The number of anilines is 2. The van der Waals surface area contributed by atoms with Crippen molar-refractivity contribution in [3.8, 4) is 0 Å². The molecule has 0 saturated carbocycles. The summed E-state index contributed by atoms with van der Waals surface area (Å²) in [6.45, 7) is -0.180. The number of hydrogen-bond acceptors (Lipinski definition) is 2. The van der Waals surface area contributed by atoms with Crippen molar-refractivity contribution in [2.24, 2.45) is 0 Å². The number of hydrogen-bond donors (Lipinski definition) is 3. The quantitative estimate of drug-likeness (QED) is 0.574. The Morgan fingerprint density at radius 2 is 1.81 bits per heavy atom. The number of benzene rings is 2. The van der Waals surface area contributed by atoms with Gasteiger partial charge in [-0.2, -0.15) is 0 Å². The van der Waals surface area contributed by atoms with E-state index in [1.54, 1.807) is 18.2 Å². The minimum Gasteiger partial charge on any atom is -0.392 e. The Morgan fingerprint density at radius 1 is 1.05 bits per heavy atom. The lowest BCUT2D eigenvalue weighted by molar-refractivity contribution is 0.262. The second-order valence-corrected chi connectivity index (χ2v) is 6.85. The summed E-state index contributed by atoms with van der Waals surface area (Å²) >= 11 is 10.1. The Hall–Kier alpha value is -0.890. The zero-order valence-corrected chi connectivity index (χ0v) is 15.4. The lowest BCUT2D eigenvalue weighted by Gasteiger charge is -2.13. The number of urea groups is 1. The maximum Gasteiger partial charge on any atom is 0.323 e. The molecule has 2 amide bonds. The van der Waals surface area contributed by atoms with Gasteiger partial charge in [-0.15, -0.1) is 0 Å². The molecule has 0 bridgehead atoms. The molecule has 2 aromatic rings. The van der Waals surface area contributed by atoms with Crippen molar-refractivity contribution in [2.75, 3.05) is 10.6 Å². The van der Waals surface area contributed by atoms with E-state index in [0.717, 1.165) is 13.4 Å². The monoisotopic (exact) mass is 476 g/mol. The van der Waals surface area contributed by atoms with Gasteiger partial charge in [-0.05, 0) is 30.3 Å². The van der Waals surface area contributed by atoms with Gasteiger partial charge in [0.25, 0.3) is 0 Å². The average Bonchev–Trinajstić information content (AvgIpc) is 2.37. The van der Waals surface area contributed by atoms with Gasteiger partial charge in [0.1, 0.15) is 0 Å². The second kappa shape index (κ2) is 7.40. The molecule has 0 spiro atoms. The lowest BCUT2D eigenvalue weighted by Crippen LogP contribution is -2.20. The fraction of sp³-hybridized carbons (Fsp3) is 0.0714. The summed E-state index contributed by atoms with van der Waals surface area (Å²) < 4.78 is 2.39. The van der Waals surface area contributed by atoms with Gasteiger partial charge in [0, 0.05) is 24.7 Å². The number of nitrogens with one attached hydrogen (secondary N) is 2. The molecule has 0 heterocycles. The highest BCUT2D eigenvalue weighted by molar-refractivity contribution is 9.11. The van der Waals surface area contributed by atoms with Crippen molar-refractivity contribution in [3.05, 3.63) is 55.4 Å². The van der Waals surface area contributed by atoms with Crippen molar-refractivity contribution < 1.29 is 9.90 Å². The standard InChI is InChI=1S/C14H11Br3N2O2/c15-8-2-1-3-10(4-8)18-14(21)19-13-6-9(16)5-12(17)11(13)7-20/h1-6,20H,7H2,(H2,18,19,21). The van der Waals surface area contributed by atoms with Crippen LogP contribution in [-0.4, -0.2) is 11.1 Å². The molecule has 110 valence electrons. The molecule has 0 aliphatic heterocycles. The van der Waals surface area contributed by atoms with Gasteiger partial charge in [-0.3, -0.25) is 0 Å². The van der Waals surface area contributed by atoms with E-state index in [0.29, 0.717) is 16.9 Å².